The fraction of sp³-hybridized carbons (Fsp3) is 0.917. The molecule has 0 aromatic rings. The van der Waals surface area contributed by atoms with Crippen LogP contribution in [0.15, 0.2) is 0 Å². The van der Waals surface area contributed by atoms with Crippen molar-refractivity contribution in [2.75, 3.05) is 26.2 Å². The average Bonchev–Trinajstić information content (AvgIpc) is 2.74. The van der Waals surface area contributed by atoms with Crippen molar-refractivity contribution in [2.24, 2.45) is 0 Å². The Kier molecular flexibility index (Phi) is 4.93. The standard InChI is InChI=1S/C12H17F5N2O3/c13-11(14)5-9(6-20)19(7-11)8-1-3-18(4-2-8)22-10(21)12(15,16)17/h8-9,20H,1-7H2/t9-/m1/s1. The molecule has 5 nitrogen and oxygen atoms in total. The van der Waals surface area contributed by atoms with Gasteiger partial charge in [-0.1, -0.05) is 0 Å². The molecular weight excluding hydrogens is 315 g/mol. The number of nitrogens with zero attached hydrogens (tertiary/aromatic N) is 2. The topological polar surface area (TPSA) is 53.0 Å². The molecule has 0 aromatic heterocycles. The zero-order valence-electron chi connectivity index (χ0n) is 11.7. The van der Waals surface area contributed by atoms with Crippen molar-refractivity contribution in [3.63, 3.8) is 0 Å². The summed E-state index contributed by atoms with van der Waals surface area (Å²) in [4.78, 5) is 16.4. The molecule has 0 amide bonds. The van der Waals surface area contributed by atoms with E-state index >= 15 is 0 Å². The van der Waals surface area contributed by atoms with Gasteiger partial charge in [0.05, 0.1) is 13.2 Å². The number of aliphatic hydroxyl groups is 1. The van der Waals surface area contributed by atoms with Crippen LogP contribution in [0.1, 0.15) is 19.3 Å². The highest BCUT2D eigenvalue weighted by Gasteiger charge is 2.48. The Bertz CT molecular complexity index is 410. The lowest BCUT2D eigenvalue weighted by Gasteiger charge is -2.37. The molecule has 0 unspecified atom stereocenters. The first-order valence-electron chi connectivity index (χ1n) is 6.91. The highest BCUT2D eigenvalue weighted by atomic mass is 19.4. The van der Waals surface area contributed by atoms with Crippen molar-refractivity contribution in [2.45, 2.75) is 43.4 Å². The van der Waals surface area contributed by atoms with E-state index in [1.54, 1.807) is 0 Å². The van der Waals surface area contributed by atoms with Gasteiger partial charge in [-0.25, -0.2) is 13.6 Å². The molecule has 128 valence electrons. The van der Waals surface area contributed by atoms with E-state index in [-0.39, 0.29) is 32.0 Å². The van der Waals surface area contributed by atoms with Gasteiger partial charge in [-0.2, -0.15) is 13.2 Å². The second kappa shape index (κ2) is 6.25. The predicted octanol–water partition coefficient (Wildman–Crippen LogP) is 1.17. The third-order valence-corrected chi connectivity index (χ3v) is 3.96. The van der Waals surface area contributed by atoms with Crippen molar-refractivity contribution >= 4 is 5.97 Å². The number of piperidine rings is 1. The molecule has 22 heavy (non-hydrogen) atoms. The van der Waals surface area contributed by atoms with Gasteiger partial charge < -0.3 is 9.94 Å². The molecule has 2 rings (SSSR count). The van der Waals surface area contributed by atoms with E-state index < -0.39 is 43.7 Å². The highest BCUT2D eigenvalue weighted by molar-refractivity contribution is 5.75. The number of rotatable bonds is 3. The first-order valence-corrected chi connectivity index (χ1v) is 6.91. The van der Waals surface area contributed by atoms with Gasteiger partial charge in [0.25, 0.3) is 5.92 Å². The normalized spacial score (nSPS) is 28.0. The van der Waals surface area contributed by atoms with Gasteiger partial charge in [0.1, 0.15) is 0 Å². The summed E-state index contributed by atoms with van der Waals surface area (Å²) in [6.45, 7) is -0.788. The molecule has 0 spiro atoms. The lowest BCUT2D eigenvalue weighted by molar-refractivity contribution is -0.242. The van der Waals surface area contributed by atoms with E-state index in [4.69, 9.17) is 0 Å². The number of alkyl halides is 5. The fourth-order valence-corrected chi connectivity index (χ4v) is 2.95. The van der Waals surface area contributed by atoms with Gasteiger partial charge in [-0.15, -0.1) is 5.06 Å². The first kappa shape index (κ1) is 17.4. The van der Waals surface area contributed by atoms with Gasteiger partial charge in [-0.05, 0) is 12.8 Å². The molecule has 1 atom stereocenters. The van der Waals surface area contributed by atoms with Gasteiger partial charge in [-0.3, -0.25) is 4.90 Å². The molecule has 2 heterocycles. The van der Waals surface area contributed by atoms with Crippen LogP contribution in [0.25, 0.3) is 0 Å². The predicted molar refractivity (Wildman–Crippen MR) is 63.9 cm³/mol. The average molecular weight is 332 g/mol. The van der Waals surface area contributed by atoms with Gasteiger partial charge >= 0.3 is 12.1 Å². The molecular formula is C12H17F5N2O3. The number of hydroxylamine groups is 2. The fourth-order valence-electron chi connectivity index (χ4n) is 2.95. The lowest BCUT2D eigenvalue weighted by atomic mass is 10.0. The van der Waals surface area contributed by atoms with Crippen LogP contribution in [0.2, 0.25) is 0 Å². The second-order valence-electron chi connectivity index (χ2n) is 5.61. The Hall–Kier alpha value is -1.00. The van der Waals surface area contributed by atoms with Gasteiger partial charge in [0.2, 0.25) is 0 Å². The molecule has 0 saturated carbocycles. The molecule has 2 aliphatic rings. The Balaban J connectivity index is 1.86. The molecule has 2 saturated heterocycles. The molecule has 0 aromatic carbocycles. The minimum atomic E-state index is -5.06. The molecule has 1 N–H and O–H groups in total. The molecule has 10 heteroatoms. The van der Waals surface area contributed by atoms with E-state index in [2.05, 4.69) is 4.84 Å². The summed E-state index contributed by atoms with van der Waals surface area (Å²) < 4.78 is 63.1. The molecule has 0 bridgehead atoms. The van der Waals surface area contributed by atoms with Crippen molar-refractivity contribution in [3.8, 4) is 0 Å². The zero-order valence-corrected chi connectivity index (χ0v) is 11.7. The monoisotopic (exact) mass is 332 g/mol. The summed E-state index contributed by atoms with van der Waals surface area (Å²) in [7, 11) is 0. The molecule has 0 radical (unpaired) electrons. The second-order valence-corrected chi connectivity index (χ2v) is 5.61. The van der Waals surface area contributed by atoms with E-state index in [0.29, 0.717) is 0 Å². The van der Waals surface area contributed by atoms with Crippen LogP contribution in [0.5, 0.6) is 0 Å². The number of likely N-dealkylation sites (tertiary alicyclic amines) is 1. The highest BCUT2D eigenvalue weighted by Crippen LogP contribution is 2.35. The molecule has 0 aliphatic carbocycles. The summed E-state index contributed by atoms with van der Waals surface area (Å²) >= 11 is 0. The largest absolute Gasteiger partial charge is 0.492 e. The van der Waals surface area contributed by atoms with E-state index in [0.717, 1.165) is 5.06 Å². The van der Waals surface area contributed by atoms with E-state index in [1.165, 1.54) is 4.90 Å². The number of hydrogen-bond acceptors (Lipinski definition) is 5. The number of carbonyl (C=O) groups excluding carboxylic acids is 1. The number of carbonyl (C=O) groups is 1. The van der Waals surface area contributed by atoms with Crippen molar-refractivity contribution < 1.29 is 36.7 Å². The van der Waals surface area contributed by atoms with Crippen LogP contribution in [0.3, 0.4) is 0 Å². The smallest absolute Gasteiger partial charge is 0.395 e. The number of aliphatic hydroxyl groups excluding tert-OH is 1. The van der Waals surface area contributed by atoms with E-state index in [1.807, 2.05) is 0 Å². The number of halogens is 5. The van der Waals surface area contributed by atoms with Crippen molar-refractivity contribution in [3.05, 3.63) is 0 Å². The van der Waals surface area contributed by atoms with E-state index in [9.17, 15) is 31.9 Å². The van der Waals surface area contributed by atoms with Crippen LogP contribution in [-0.2, 0) is 9.63 Å². The maximum absolute atomic E-state index is 13.4. The van der Waals surface area contributed by atoms with Crippen LogP contribution in [0, 0.1) is 0 Å². The first-order chi connectivity index (χ1) is 10.1. The maximum Gasteiger partial charge on any atom is 0.492 e. The quantitative estimate of drug-likeness (QED) is 0.787. The third-order valence-electron chi connectivity index (χ3n) is 3.96. The molecule has 2 fully saturated rings. The maximum atomic E-state index is 13.4. The minimum Gasteiger partial charge on any atom is -0.395 e. The zero-order chi connectivity index (χ0) is 16.5. The van der Waals surface area contributed by atoms with Crippen LogP contribution < -0.4 is 0 Å². The minimum absolute atomic E-state index is 0.0344. The third kappa shape index (κ3) is 4.05. The van der Waals surface area contributed by atoms with Crippen LogP contribution >= 0.6 is 0 Å². The Morgan fingerprint density at radius 2 is 1.86 bits per heavy atom. The Labute approximate surface area is 123 Å². The van der Waals surface area contributed by atoms with Gasteiger partial charge in [0.15, 0.2) is 0 Å². The van der Waals surface area contributed by atoms with Crippen LogP contribution in [0.4, 0.5) is 22.0 Å². The summed E-state index contributed by atoms with van der Waals surface area (Å²) in [6.07, 6.45) is -4.90. The van der Waals surface area contributed by atoms with Crippen molar-refractivity contribution in [1.82, 2.24) is 9.96 Å². The summed E-state index contributed by atoms with van der Waals surface area (Å²) in [5.74, 6) is -5.15. The van der Waals surface area contributed by atoms with Gasteiger partial charge in [0, 0.05) is 31.6 Å². The summed E-state index contributed by atoms with van der Waals surface area (Å²) in [5, 5.41) is 10.1. The summed E-state index contributed by atoms with van der Waals surface area (Å²) in [5.41, 5.74) is 0. The SMILES string of the molecule is O=C(ON1CCC(N2CC(F)(F)C[C@@H]2CO)CC1)C(F)(F)F. The number of hydrogen-bond donors (Lipinski definition) is 1. The van der Waals surface area contributed by atoms with Crippen LogP contribution in [-0.4, -0.2) is 71.5 Å². The Morgan fingerprint density at radius 1 is 1.27 bits per heavy atom. The summed E-state index contributed by atoms with van der Waals surface area (Å²) in [6, 6.07) is -0.921. The Morgan fingerprint density at radius 3 is 2.36 bits per heavy atom. The van der Waals surface area contributed by atoms with Crippen molar-refractivity contribution in [1.29, 1.82) is 0 Å². The molecule has 2 aliphatic heterocycles. The lowest BCUT2D eigenvalue weighted by Crippen LogP contribution is -2.49.